The Hall–Kier alpha value is 0.1000. The largest absolute Gasteiger partial charge is 0.470 e. The van der Waals surface area contributed by atoms with Crippen molar-refractivity contribution in [3.05, 3.63) is 0 Å². The van der Waals surface area contributed by atoms with Gasteiger partial charge in [-0.3, -0.25) is 9.05 Å². The van der Waals surface area contributed by atoms with Gasteiger partial charge in [0.2, 0.25) is 0 Å². The molecule has 0 aromatic carbocycles. The molecule has 1 heterocycles. The Morgan fingerprint density at radius 2 is 1.63 bits per heavy atom. The van der Waals surface area contributed by atoms with Crippen molar-refractivity contribution in [1.82, 2.24) is 0 Å². The second-order valence-electron chi connectivity index (χ2n) is 3.74. The van der Waals surface area contributed by atoms with E-state index in [-0.39, 0.29) is 0 Å². The molecule has 0 aliphatic carbocycles. The van der Waals surface area contributed by atoms with Crippen molar-refractivity contribution in [3.63, 3.8) is 0 Å². The van der Waals surface area contributed by atoms with Crippen LogP contribution in [-0.4, -0.2) is 61.0 Å². The number of rotatable bonds is 5. The molecule has 114 valence electrons. The first-order valence-electron chi connectivity index (χ1n) is 4.94. The summed E-state index contributed by atoms with van der Waals surface area (Å²) in [6.45, 7) is -0.803. The number of aliphatic hydroxyl groups excluding tert-OH is 2. The molecular formula is C6H14O11P2. The molecule has 0 radical (unpaired) electrons. The zero-order valence-corrected chi connectivity index (χ0v) is 11.1. The van der Waals surface area contributed by atoms with Gasteiger partial charge in [-0.25, -0.2) is 9.13 Å². The maximum Gasteiger partial charge on any atom is 0.470 e. The molecule has 1 aliphatic heterocycles. The minimum Gasteiger partial charge on any atom is -0.394 e. The molecule has 0 bridgehead atoms. The minimum absolute atomic E-state index is 0.494. The summed E-state index contributed by atoms with van der Waals surface area (Å²) < 4.78 is 34.8. The summed E-state index contributed by atoms with van der Waals surface area (Å²) in [4.78, 5) is 34.8. The van der Waals surface area contributed by atoms with Crippen molar-refractivity contribution < 1.29 is 52.7 Å². The Morgan fingerprint density at radius 3 is 2.05 bits per heavy atom. The van der Waals surface area contributed by atoms with Crippen molar-refractivity contribution in [1.29, 1.82) is 0 Å². The average Bonchev–Trinajstić information content (AvgIpc) is 2.17. The molecule has 0 aromatic rings. The summed E-state index contributed by atoms with van der Waals surface area (Å²) in [6.07, 6.45) is -6.64. The fraction of sp³-hybridized carbons (Fsp3) is 1.00. The van der Waals surface area contributed by atoms with Crippen LogP contribution in [0.2, 0.25) is 0 Å². The number of phosphoric ester groups is 2. The highest BCUT2D eigenvalue weighted by atomic mass is 31.2. The number of hydrogen-bond donors (Lipinski definition) is 6. The number of ether oxygens (including phenoxy) is 1. The van der Waals surface area contributed by atoms with E-state index in [9.17, 15) is 14.2 Å². The Labute approximate surface area is 107 Å². The van der Waals surface area contributed by atoms with Crippen LogP contribution in [-0.2, 0) is 22.9 Å². The molecule has 19 heavy (non-hydrogen) atoms. The lowest BCUT2D eigenvalue weighted by molar-refractivity contribution is -0.233. The van der Waals surface area contributed by atoms with Gasteiger partial charge in [0.25, 0.3) is 0 Å². The number of phosphoric acid groups is 2. The van der Waals surface area contributed by atoms with E-state index in [1.54, 1.807) is 0 Å². The molecule has 6 N–H and O–H groups in total. The molecule has 13 heteroatoms. The van der Waals surface area contributed by atoms with E-state index < -0.39 is 53.3 Å². The molecule has 1 fully saturated rings. The van der Waals surface area contributed by atoms with Crippen molar-refractivity contribution in [3.8, 4) is 0 Å². The van der Waals surface area contributed by atoms with E-state index in [1.807, 2.05) is 0 Å². The van der Waals surface area contributed by atoms with Crippen LogP contribution in [0.25, 0.3) is 0 Å². The molecule has 0 amide bonds. The molecule has 1 aliphatic rings. The Balaban J connectivity index is 2.92. The first-order valence-corrected chi connectivity index (χ1v) is 8.00. The first-order chi connectivity index (χ1) is 8.52. The summed E-state index contributed by atoms with van der Waals surface area (Å²) in [6, 6.07) is 0. The van der Waals surface area contributed by atoms with Crippen molar-refractivity contribution in [2.24, 2.45) is 0 Å². The number of hydrogen-bond acceptors (Lipinski definition) is 7. The SMILES string of the molecule is O=P(O)(O)OC1C[C@@H](O)OC(CO)[C@H]1OP(=O)(O)O. The third-order valence-electron chi connectivity index (χ3n) is 2.21. The average molecular weight is 324 g/mol. The zero-order chi connectivity index (χ0) is 14.8. The highest BCUT2D eigenvalue weighted by molar-refractivity contribution is 7.46. The van der Waals surface area contributed by atoms with Gasteiger partial charge in [-0.15, -0.1) is 0 Å². The van der Waals surface area contributed by atoms with Gasteiger partial charge in [0.15, 0.2) is 6.29 Å². The van der Waals surface area contributed by atoms with Gasteiger partial charge in [0, 0.05) is 6.42 Å². The Morgan fingerprint density at radius 1 is 1.11 bits per heavy atom. The van der Waals surface area contributed by atoms with E-state index in [2.05, 4.69) is 9.05 Å². The fourth-order valence-electron chi connectivity index (χ4n) is 1.63. The molecule has 4 atom stereocenters. The zero-order valence-electron chi connectivity index (χ0n) is 9.34. The van der Waals surface area contributed by atoms with Gasteiger partial charge in [-0.2, -0.15) is 0 Å². The predicted molar refractivity (Wildman–Crippen MR) is 56.4 cm³/mol. The van der Waals surface area contributed by atoms with Crippen molar-refractivity contribution in [2.45, 2.75) is 31.0 Å². The molecular weight excluding hydrogens is 310 g/mol. The lowest BCUT2D eigenvalue weighted by Crippen LogP contribution is -2.51. The van der Waals surface area contributed by atoms with E-state index in [1.165, 1.54) is 0 Å². The fourth-order valence-corrected chi connectivity index (χ4v) is 2.78. The van der Waals surface area contributed by atoms with E-state index >= 15 is 0 Å². The van der Waals surface area contributed by atoms with Crippen LogP contribution in [0.15, 0.2) is 0 Å². The lowest BCUT2D eigenvalue weighted by atomic mass is 10.0. The number of aliphatic hydroxyl groups is 2. The molecule has 2 unspecified atom stereocenters. The summed E-state index contributed by atoms with van der Waals surface area (Å²) in [7, 11) is -9.99. The molecule has 1 rings (SSSR count). The van der Waals surface area contributed by atoms with E-state index in [0.717, 1.165) is 0 Å². The van der Waals surface area contributed by atoms with Crippen LogP contribution in [0.3, 0.4) is 0 Å². The van der Waals surface area contributed by atoms with Crippen LogP contribution in [0.5, 0.6) is 0 Å². The third-order valence-corrected chi connectivity index (χ3v) is 3.27. The first kappa shape index (κ1) is 17.2. The second-order valence-corrected chi connectivity index (χ2v) is 6.13. The summed E-state index contributed by atoms with van der Waals surface area (Å²) in [5, 5.41) is 18.3. The van der Waals surface area contributed by atoms with Crippen LogP contribution in [0, 0.1) is 0 Å². The van der Waals surface area contributed by atoms with E-state index in [4.69, 9.17) is 29.4 Å². The topological polar surface area (TPSA) is 183 Å². The highest BCUT2D eigenvalue weighted by Gasteiger charge is 2.45. The van der Waals surface area contributed by atoms with Gasteiger partial charge >= 0.3 is 15.6 Å². The van der Waals surface area contributed by atoms with Crippen molar-refractivity contribution >= 4 is 15.6 Å². The second kappa shape index (κ2) is 6.25. The maximum absolute atomic E-state index is 10.8. The molecule has 0 spiro atoms. The Kier molecular flexibility index (Phi) is 5.64. The normalized spacial score (nSPS) is 33.4. The molecule has 11 nitrogen and oxygen atoms in total. The van der Waals surface area contributed by atoms with Crippen LogP contribution in [0.1, 0.15) is 6.42 Å². The molecule has 0 saturated carbocycles. The quantitative estimate of drug-likeness (QED) is 0.309. The standard InChI is InChI=1S/C6H14O11P2/c7-2-4-6(17-19(12,13)14)3(1-5(8)15-4)16-18(9,10)11/h3-8H,1-2H2,(H2,9,10,11)(H2,12,13,14)/t3?,4?,5-,6-/m0/s1. The molecule has 0 aromatic heterocycles. The molecule has 1 saturated heterocycles. The lowest BCUT2D eigenvalue weighted by Gasteiger charge is -2.38. The van der Waals surface area contributed by atoms with Gasteiger partial charge in [-0.05, 0) is 0 Å². The minimum atomic E-state index is -5.01. The highest BCUT2D eigenvalue weighted by Crippen LogP contribution is 2.46. The summed E-state index contributed by atoms with van der Waals surface area (Å²) in [5.41, 5.74) is 0. The Bertz CT molecular complexity index is 387. The maximum atomic E-state index is 10.8. The van der Waals surface area contributed by atoms with E-state index in [0.29, 0.717) is 0 Å². The summed E-state index contributed by atoms with van der Waals surface area (Å²) in [5.74, 6) is 0. The van der Waals surface area contributed by atoms with Gasteiger partial charge in [0.1, 0.15) is 18.3 Å². The smallest absolute Gasteiger partial charge is 0.394 e. The van der Waals surface area contributed by atoms with Crippen LogP contribution in [0.4, 0.5) is 0 Å². The van der Waals surface area contributed by atoms with Gasteiger partial charge in [0.05, 0.1) is 6.61 Å². The van der Waals surface area contributed by atoms with Gasteiger partial charge < -0.3 is 34.5 Å². The van der Waals surface area contributed by atoms with Crippen molar-refractivity contribution in [2.75, 3.05) is 6.61 Å². The third kappa shape index (κ3) is 5.94. The predicted octanol–water partition coefficient (Wildman–Crippen LogP) is -1.96. The van der Waals surface area contributed by atoms with Crippen LogP contribution < -0.4 is 0 Å². The van der Waals surface area contributed by atoms with Crippen LogP contribution >= 0.6 is 15.6 Å². The van der Waals surface area contributed by atoms with Gasteiger partial charge in [-0.1, -0.05) is 0 Å². The monoisotopic (exact) mass is 324 g/mol. The summed E-state index contributed by atoms with van der Waals surface area (Å²) >= 11 is 0.